The van der Waals surface area contributed by atoms with E-state index in [1.807, 2.05) is 53.6 Å². The van der Waals surface area contributed by atoms with Crippen LogP contribution < -0.4 is 5.32 Å². The molecule has 0 radical (unpaired) electrons. The number of carbonyl (C=O) groups is 2. The van der Waals surface area contributed by atoms with Gasteiger partial charge >= 0.3 is 0 Å². The summed E-state index contributed by atoms with van der Waals surface area (Å²) in [7, 11) is 0. The Balaban J connectivity index is 1.34. The Morgan fingerprint density at radius 2 is 1.96 bits per heavy atom. The molecular weight excluding hydrogens is 350 g/mol. The number of aromatic amines is 1. The maximum absolute atomic E-state index is 12.9. The number of carbonyl (C=O) groups excluding carboxylic acids is 2. The van der Waals surface area contributed by atoms with Gasteiger partial charge in [-0.3, -0.25) is 9.59 Å². The monoisotopic (exact) mass is 375 g/mol. The fourth-order valence-corrected chi connectivity index (χ4v) is 3.86. The molecule has 1 atom stereocenters. The van der Waals surface area contributed by atoms with E-state index in [1.54, 1.807) is 0 Å². The molecule has 1 aromatic heterocycles. The first-order valence-electron chi connectivity index (χ1n) is 9.89. The number of piperidine rings is 1. The Hall–Kier alpha value is -3.08. The highest BCUT2D eigenvalue weighted by Crippen LogP contribution is 2.21. The summed E-state index contributed by atoms with van der Waals surface area (Å²) in [5, 5.41) is 4.13. The topological polar surface area (TPSA) is 65.2 Å². The van der Waals surface area contributed by atoms with Gasteiger partial charge in [0.1, 0.15) is 0 Å². The number of amides is 2. The lowest BCUT2D eigenvalue weighted by Crippen LogP contribution is -2.45. The molecule has 1 saturated heterocycles. The number of nitrogens with zero attached hydrogens (tertiary/aromatic N) is 1. The number of benzene rings is 2. The summed E-state index contributed by atoms with van der Waals surface area (Å²) in [6, 6.07) is 17.8. The molecule has 2 heterocycles. The van der Waals surface area contributed by atoms with Crippen LogP contribution >= 0.6 is 0 Å². The van der Waals surface area contributed by atoms with Crippen LogP contribution in [0.4, 0.5) is 0 Å². The normalized spacial score (nSPS) is 16.9. The van der Waals surface area contributed by atoms with Crippen molar-refractivity contribution < 1.29 is 9.59 Å². The number of hydrogen-bond acceptors (Lipinski definition) is 2. The summed E-state index contributed by atoms with van der Waals surface area (Å²) >= 11 is 0. The highest BCUT2D eigenvalue weighted by Gasteiger charge is 2.28. The fourth-order valence-electron chi connectivity index (χ4n) is 3.86. The van der Waals surface area contributed by atoms with E-state index in [1.165, 1.54) is 5.56 Å². The van der Waals surface area contributed by atoms with Gasteiger partial charge in [-0.15, -0.1) is 0 Å². The van der Waals surface area contributed by atoms with E-state index in [-0.39, 0.29) is 17.7 Å². The van der Waals surface area contributed by atoms with Crippen molar-refractivity contribution in [2.75, 3.05) is 19.6 Å². The maximum atomic E-state index is 12.9. The number of rotatable bonds is 5. The third kappa shape index (κ3) is 4.09. The number of hydrogen-bond donors (Lipinski definition) is 2. The molecule has 5 nitrogen and oxygen atoms in total. The Morgan fingerprint density at radius 1 is 1.11 bits per heavy atom. The molecule has 1 unspecified atom stereocenters. The second-order valence-corrected chi connectivity index (χ2v) is 7.40. The fraction of sp³-hybridized carbons (Fsp3) is 0.304. The Kier molecular flexibility index (Phi) is 5.42. The lowest BCUT2D eigenvalue weighted by atomic mass is 9.96. The number of aromatic nitrogens is 1. The van der Waals surface area contributed by atoms with Gasteiger partial charge in [0.25, 0.3) is 5.91 Å². The molecule has 0 saturated carbocycles. The lowest BCUT2D eigenvalue weighted by molar-refractivity contribution is -0.126. The van der Waals surface area contributed by atoms with Crippen LogP contribution in [-0.4, -0.2) is 41.3 Å². The van der Waals surface area contributed by atoms with E-state index < -0.39 is 0 Å². The van der Waals surface area contributed by atoms with Crippen LogP contribution in [0.15, 0.2) is 60.8 Å². The smallest absolute Gasteiger partial charge is 0.253 e. The van der Waals surface area contributed by atoms with Gasteiger partial charge in [-0.05, 0) is 48.4 Å². The first-order valence-corrected chi connectivity index (χ1v) is 9.89. The van der Waals surface area contributed by atoms with Crippen molar-refractivity contribution in [3.05, 3.63) is 71.9 Å². The van der Waals surface area contributed by atoms with E-state index in [0.717, 1.165) is 30.2 Å². The van der Waals surface area contributed by atoms with E-state index >= 15 is 0 Å². The molecule has 144 valence electrons. The first-order chi connectivity index (χ1) is 13.7. The zero-order chi connectivity index (χ0) is 19.3. The van der Waals surface area contributed by atoms with Crippen LogP contribution in [0.3, 0.4) is 0 Å². The second kappa shape index (κ2) is 8.30. The molecule has 2 N–H and O–H groups in total. The van der Waals surface area contributed by atoms with Gasteiger partial charge in [0.15, 0.2) is 0 Å². The van der Waals surface area contributed by atoms with Gasteiger partial charge in [0.05, 0.1) is 5.92 Å². The molecule has 1 aliphatic rings. The summed E-state index contributed by atoms with van der Waals surface area (Å²) in [6.45, 7) is 1.81. The van der Waals surface area contributed by atoms with Crippen molar-refractivity contribution >= 4 is 22.7 Å². The average molecular weight is 375 g/mol. The summed E-state index contributed by atoms with van der Waals surface area (Å²) in [6.07, 6.45) is 4.37. The molecule has 2 aromatic carbocycles. The van der Waals surface area contributed by atoms with Crippen molar-refractivity contribution in [3.63, 3.8) is 0 Å². The van der Waals surface area contributed by atoms with Gasteiger partial charge in [-0.25, -0.2) is 0 Å². The number of nitrogens with one attached hydrogen (secondary N) is 2. The standard InChI is InChI=1S/C23H25N3O2/c27-22(25-12-10-17-5-2-1-3-6-17)20-7-4-14-26(16-20)23(28)19-9-8-18-11-13-24-21(18)15-19/h1-3,5-6,8-9,11,13,15,20,24H,4,7,10,12,14,16H2,(H,25,27). The minimum Gasteiger partial charge on any atom is -0.361 e. The van der Waals surface area contributed by atoms with E-state index in [4.69, 9.17) is 0 Å². The van der Waals surface area contributed by atoms with Gasteiger partial charge < -0.3 is 15.2 Å². The Bertz CT molecular complexity index is 964. The first kappa shape index (κ1) is 18.3. The van der Waals surface area contributed by atoms with Gasteiger partial charge in [-0.1, -0.05) is 36.4 Å². The predicted octanol–water partition coefficient (Wildman–Crippen LogP) is 3.38. The van der Waals surface area contributed by atoms with Crippen LogP contribution in [0.5, 0.6) is 0 Å². The summed E-state index contributed by atoms with van der Waals surface area (Å²) < 4.78 is 0. The van der Waals surface area contributed by atoms with Crippen LogP contribution in [0, 0.1) is 5.92 Å². The SMILES string of the molecule is O=C(NCCc1ccccc1)C1CCCN(C(=O)c2ccc3cc[nH]c3c2)C1. The molecule has 0 bridgehead atoms. The summed E-state index contributed by atoms with van der Waals surface area (Å²) in [4.78, 5) is 30.5. The van der Waals surface area contributed by atoms with Gasteiger partial charge in [0, 0.05) is 36.9 Å². The van der Waals surface area contributed by atoms with Crippen molar-refractivity contribution in [2.24, 2.45) is 5.92 Å². The van der Waals surface area contributed by atoms with Crippen molar-refractivity contribution in [1.29, 1.82) is 0 Å². The molecule has 1 fully saturated rings. The zero-order valence-electron chi connectivity index (χ0n) is 15.9. The molecule has 3 aromatic rings. The average Bonchev–Trinajstić information content (AvgIpc) is 3.22. The van der Waals surface area contributed by atoms with Crippen LogP contribution in [-0.2, 0) is 11.2 Å². The molecular formula is C23H25N3O2. The zero-order valence-corrected chi connectivity index (χ0v) is 15.9. The lowest BCUT2D eigenvalue weighted by Gasteiger charge is -2.32. The van der Waals surface area contributed by atoms with Crippen molar-refractivity contribution in [2.45, 2.75) is 19.3 Å². The third-order valence-corrected chi connectivity index (χ3v) is 5.44. The number of fused-ring (bicyclic) bond motifs is 1. The second-order valence-electron chi connectivity index (χ2n) is 7.40. The van der Waals surface area contributed by atoms with Crippen molar-refractivity contribution in [3.8, 4) is 0 Å². The Morgan fingerprint density at radius 3 is 2.82 bits per heavy atom. The quantitative estimate of drug-likeness (QED) is 0.718. The number of H-pyrrole nitrogens is 1. The Labute approximate surface area is 164 Å². The molecule has 5 heteroatoms. The summed E-state index contributed by atoms with van der Waals surface area (Å²) in [5.41, 5.74) is 2.83. The minimum absolute atomic E-state index is 0.00159. The number of likely N-dealkylation sites (tertiary alicyclic amines) is 1. The van der Waals surface area contributed by atoms with Crippen molar-refractivity contribution in [1.82, 2.24) is 15.2 Å². The maximum Gasteiger partial charge on any atom is 0.253 e. The highest BCUT2D eigenvalue weighted by molar-refractivity contribution is 5.98. The largest absolute Gasteiger partial charge is 0.361 e. The van der Waals surface area contributed by atoms with E-state index in [9.17, 15) is 9.59 Å². The summed E-state index contributed by atoms with van der Waals surface area (Å²) in [5.74, 6) is -0.0887. The molecule has 0 spiro atoms. The van der Waals surface area contributed by atoms with Gasteiger partial charge in [0.2, 0.25) is 5.91 Å². The third-order valence-electron chi connectivity index (χ3n) is 5.44. The van der Waals surface area contributed by atoms with Gasteiger partial charge in [-0.2, -0.15) is 0 Å². The molecule has 4 rings (SSSR count). The molecule has 0 aliphatic carbocycles. The highest BCUT2D eigenvalue weighted by atomic mass is 16.2. The van der Waals surface area contributed by atoms with Crippen LogP contribution in [0.25, 0.3) is 10.9 Å². The minimum atomic E-state index is -0.136. The molecule has 2 amide bonds. The molecule has 28 heavy (non-hydrogen) atoms. The van der Waals surface area contributed by atoms with E-state index in [0.29, 0.717) is 25.2 Å². The van der Waals surface area contributed by atoms with Crippen LogP contribution in [0.1, 0.15) is 28.8 Å². The predicted molar refractivity (Wildman–Crippen MR) is 110 cm³/mol. The van der Waals surface area contributed by atoms with Crippen LogP contribution in [0.2, 0.25) is 0 Å². The molecule has 1 aliphatic heterocycles. The van der Waals surface area contributed by atoms with E-state index in [2.05, 4.69) is 22.4 Å².